The molecule has 0 aromatic heterocycles. The van der Waals surface area contributed by atoms with E-state index in [-0.39, 0.29) is 27.6 Å². The molecule has 0 aliphatic heterocycles. The van der Waals surface area contributed by atoms with E-state index < -0.39 is 15.9 Å². The molecule has 3 aromatic rings. The summed E-state index contributed by atoms with van der Waals surface area (Å²) in [6.07, 6.45) is 0. The Morgan fingerprint density at radius 2 is 1.50 bits per heavy atom. The van der Waals surface area contributed by atoms with Crippen molar-refractivity contribution in [2.24, 2.45) is 0 Å². The third-order valence-corrected chi connectivity index (χ3v) is 5.85. The van der Waals surface area contributed by atoms with Gasteiger partial charge in [-0.15, -0.1) is 0 Å². The topological polar surface area (TPSA) is 123 Å². The first-order valence-corrected chi connectivity index (χ1v) is 10.8. The Hall–Kier alpha value is -3.92. The molecule has 1 amide bonds. The Morgan fingerprint density at radius 3 is 2.12 bits per heavy atom. The summed E-state index contributed by atoms with van der Waals surface area (Å²) < 4.78 is 43.6. The van der Waals surface area contributed by atoms with Crippen molar-refractivity contribution in [2.75, 3.05) is 31.4 Å². The lowest BCUT2D eigenvalue weighted by molar-refractivity contribution is 0.102. The second-order valence-corrected chi connectivity index (χ2v) is 8.22. The fraction of sp³-hybridized carbons (Fsp3) is 0.136. The van der Waals surface area contributed by atoms with Crippen molar-refractivity contribution < 1.29 is 32.5 Å². The van der Waals surface area contributed by atoms with Gasteiger partial charge in [-0.1, -0.05) is 12.1 Å². The quantitative estimate of drug-likeness (QED) is 0.442. The number of anilines is 2. The number of nitrogens with one attached hydrogen (secondary N) is 2. The van der Waals surface area contributed by atoms with Crippen LogP contribution in [0, 0.1) is 0 Å². The second-order valence-electron chi connectivity index (χ2n) is 6.54. The molecular formula is C22H22N2O7S. The van der Waals surface area contributed by atoms with E-state index in [0.29, 0.717) is 17.2 Å². The number of carbonyl (C=O) groups excluding carboxylic acids is 1. The fourth-order valence-electron chi connectivity index (χ4n) is 2.85. The number of phenols is 1. The molecule has 9 nitrogen and oxygen atoms in total. The third-order valence-electron chi connectivity index (χ3n) is 4.49. The lowest BCUT2D eigenvalue weighted by atomic mass is 10.1. The van der Waals surface area contributed by atoms with Crippen molar-refractivity contribution in [1.29, 1.82) is 0 Å². The first-order valence-electron chi connectivity index (χ1n) is 9.30. The summed E-state index contributed by atoms with van der Waals surface area (Å²) >= 11 is 0. The van der Waals surface area contributed by atoms with E-state index in [0.717, 1.165) is 6.07 Å². The normalized spacial score (nSPS) is 10.8. The van der Waals surface area contributed by atoms with Crippen molar-refractivity contribution in [1.82, 2.24) is 0 Å². The number of benzene rings is 3. The maximum Gasteiger partial charge on any atom is 0.262 e. The summed E-state index contributed by atoms with van der Waals surface area (Å²) in [4.78, 5) is 12.6. The number of methoxy groups -OCH3 is 3. The zero-order valence-electron chi connectivity index (χ0n) is 17.6. The molecule has 0 radical (unpaired) electrons. The highest BCUT2D eigenvalue weighted by molar-refractivity contribution is 7.92. The average molecular weight is 458 g/mol. The Morgan fingerprint density at radius 1 is 0.844 bits per heavy atom. The molecule has 3 N–H and O–H groups in total. The maximum absolute atomic E-state index is 12.9. The van der Waals surface area contributed by atoms with Crippen LogP contribution in [0.25, 0.3) is 0 Å². The van der Waals surface area contributed by atoms with Gasteiger partial charge in [0.25, 0.3) is 15.9 Å². The van der Waals surface area contributed by atoms with Crippen molar-refractivity contribution in [3.63, 3.8) is 0 Å². The highest BCUT2D eigenvalue weighted by Gasteiger charge is 2.19. The minimum Gasteiger partial charge on any atom is -0.506 e. The first kappa shape index (κ1) is 22.8. The number of carbonyl (C=O) groups is 1. The molecule has 168 valence electrons. The fourth-order valence-corrected chi connectivity index (χ4v) is 3.94. The zero-order valence-corrected chi connectivity index (χ0v) is 18.4. The van der Waals surface area contributed by atoms with Crippen LogP contribution >= 0.6 is 0 Å². The SMILES string of the molecule is COc1cc(OC)cc(C(=O)Nc2cc(S(=O)(=O)Nc3ccccc3OC)ccc2O)c1. The van der Waals surface area contributed by atoms with E-state index in [1.165, 1.54) is 45.6 Å². The van der Waals surface area contributed by atoms with Crippen LogP contribution in [0.3, 0.4) is 0 Å². The Labute approximate surface area is 185 Å². The molecule has 10 heteroatoms. The predicted molar refractivity (Wildman–Crippen MR) is 119 cm³/mol. The van der Waals surface area contributed by atoms with E-state index in [2.05, 4.69) is 10.0 Å². The Kier molecular flexibility index (Phi) is 6.74. The summed E-state index contributed by atoms with van der Waals surface area (Å²) in [6, 6.07) is 14.7. The monoisotopic (exact) mass is 458 g/mol. The van der Waals surface area contributed by atoms with Crippen LogP contribution in [0.1, 0.15) is 10.4 Å². The number of phenolic OH excluding ortho intramolecular Hbond substituents is 1. The number of para-hydroxylation sites is 2. The van der Waals surface area contributed by atoms with Crippen LogP contribution in [0.15, 0.2) is 65.6 Å². The highest BCUT2D eigenvalue weighted by atomic mass is 32.2. The van der Waals surface area contributed by atoms with E-state index in [9.17, 15) is 18.3 Å². The predicted octanol–water partition coefficient (Wildman–Crippen LogP) is 3.47. The Balaban J connectivity index is 1.89. The summed E-state index contributed by atoms with van der Waals surface area (Å²) in [5, 5.41) is 12.7. The van der Waals surface area contributed by atoms with Gasteiger partial charge in [-0.3, -0.25) is 9.52 Å². The molecule has 0 spiro atoms. The van der Waals surface area contributed by atoms with Gasteiger partial charge < -0.3 is 24.6 Å². The van der Waals surface area contributed by atoms with Crippen LogP contribution in [0.2, 0.25) is 0 Å². The first-order chi connectivity index (χ1) is 15.3. The zero-order chi connectivity index (χ0) is 23.3. The maximum atomic E-state index is 12.9. The smallest absolute Gasteiger partial charge is 0.262 e. The number of hydrogen-bond donors (Lipinski definition) is 3. The minimum absolute atomic E-state index is 0.0836. The number of aromatic hydroxyl groups is 1. The van der Waals surface area contributed by atoms with Crippen molar-refractivity contribution in [3.05, 3.63) is 66.2 Å². The van der Waals surface area contributed by atoms with Gasteiger partial charge in [0.1, 0.15) is 23.0 Å². The van der Waals surface area contributed by atoms with E-state index in [1.54, 1.807) is 30.3 Å². The standard InChI is InChI=1S/C22H22N2O7S/c1-29-15-10-14(11-16(12-15)30-2)22(26)23-19-13-17(8-9-20(19)25)32(27,28)24-18-6-4-5-7-21(18)31-3/h4-13,24-25H,1-3H3,(H,23,26). The van der Waals surface area contributed by atoms with Gasteiger partial charge >= 0.3 is 0 Å². The molecule has 0 unspecified atom stereocenters. The molecule has 0 aliphatic carbocycles. The van der Waals surface area contributed by atoms with E-state index in [4.69, 9.17) is 14.2 Å². The largest absolute Gasteiger partial charge is 0.506 e. The Bertz CT molecular complexity index is 1220. The number of hydrogen-bond acceptors (Lipinski definition) is 7. The van der Waals surface area contributed by atoms with E-state index >= 15 is 0 Å². The number of sulfonamides is 1. The second kappa shape index (κ2) is 9.48. The number of amides is 1. The van der Waals surface area contributed by atoms with Crippen LogP contribution in [-0.2, 0) is 10.0 Å². The molecule has 0 fully saturated rings. The van der Waals surface area contributed by atoms with Crippen LogP contribution in [0.5, 0.6) is 23.0 Å². The number of rotatable bonds is 8. The lowest BCUT2D eigenvalue weighted by Crippen LogP contribution is -2.15. The lowest BCUT2D eigenvalue weighted by Gasteiger charge is -2.14. The molecule has 0 aliphatic rings. The molecule has 3 rings (SSSR count). The van der Waals surface area contributed by atoms with Crippen LogP contribution in [-0.4, -0.2) is 40.8 Å². The van der Waals surface area contributed by atoms with Gasteiger partial charge in [0.05, 0.1) is 37.6 Å². The summed E-state index contributed by atoms with van der Waals surface area (Å²) in [5.41, 5.74) is 0.359. The van der Waals surface area contributed by atoms with E-state index in [1.807, 2.05) is 0 Å². The average Bonchev–Trinajstić information content (AvgIpc) is 2.80. The molecule has 32 heavy (non-hydrogen) atoms. The van der Waals surface area contributed by atoms with Crippen molar-refractivity contribution in [3.8, 4) is 23.0 Å². The summed E-state index contributed by atoms with van der Waals surface area (Å²) in [6.45, 7) is 0. The van der Waals surface area contributed by atoms with Gasteiger partial charge in [-0.2, -0.15) is 0 Å². The van der Waals surface area contributed by atoms with Gasteiger partial charge in [0, 0.05) is 11.6 Å². The molecular weight excluding hydrogens is 436 g/mol. The molecule has 3 aromatic carbocycles. The third kappa shape index (κ3) is 5.03. The summed E-state index contributed by atoms with van der Waals surface area (Å²) in [7, 11) is 0.286. The minimum atomic E-state index is -4.04. The summed E-state index contributed by atoms with van der Waals surface area (Å²) in [5.74, 6) is 0.247. The van der Waals surface area contributed by atoms with Gasteiger partial charge in [-0.05, 0) is 42.5 Å². The van der Waals surface area contributed by atoms with Crippen LogP contribution < -0.4 is 24.2 Å². The van der Waals surface area contributed by atoms with Gasteiger partial charge in [0.2, 0.25) is 0 Å². The van der Waals surface area contributed by atoms with Crippen LogP contribution in [0.4, 0.5) is 11.4 Å². The molecule has 0 atom stereocenters. The van der Waals surface area contributed by atoms with Crippen molar-refractivity contribution >= 4 is 27.3 Å². The molecule has 0 saturated carbocycles. The van der Waals surface area contributed by atoms with Gasteiger partial charge in [0.15, 0.2) is 0 Å². The molecule has 0 bridgehead atoms. The molecule has 0 saturated heterocycles. The highest BCUT2D eigenvalue weighted by Crippen LogP contribution is 2.31. The number of ether oxygens (including phenoxy) is 3. The molecule has 0 heterocycles. The van der Waals surface area contributed by atoms with Crippen molar-refractivity contribution in [2.45, 2.75) is 4.90 Å². The van der Waals surface area contributed by atoms with Gasteiger partial charge in [-0.25, -0.2) is 8.42 Å².